The van der Waals surface area contributed by atoms with E-state index in [1.807, 2.05) is 4.57 Å². The maximum absolute atomic E-state index is 14.5. The minimum Gasteiger partial charge on any atom is -0.326 e. The van der Waals surface area contributed by atoms with Crippen LogP contribution < -0.4 is 10.6 Å². The molecule has 9 nitrogen and oxygen atoms in total. The van der Waals surface area contributed by atoms with Crippen molar-refractivity contribution >= 4 is 40.3 Å². The monoisotopic (exact) mass is 475 g/mol. The zero-order valence-corrected chi connectivity index (χ0v) is 18.7. The highest BCUT2D eigenvalue weighted by Crippen LogP contribution is 2.35. The van der Waals surface area contributed by atoms with E-state index >= 15 is 0 Å². The Morgan fingerprint density at radius 1 is 1.14 bits per heavy atom. The number of piperidine rings is 1. The predicted molar refractivity (Wildman–Crippen MR) is 123 cm³/mol. The molecule has 178 valence electrons. The van der Waals surface area contributed by atoms with E-state index in [-0.39, 0.29) is 42.8 Å². The van der Waals surface area contributed by atoms with Gasteiger partial charge >= 0.3 is 0 Å². The lowest BCUT2D eigenvalue weighted by atomic mass is 9.93. The number of hydrogen-bond donors (Lipinski definition) is 2. The number of fused-ring (bicyclic) bond motifs is 2. The van der Waals surface area contributed by atoms with Crippen LogP contribution in [-0.2, 0) is 16.1 Å². The van der Waals surface area contributed by atoms with Gasteiger partial charge in [0, 0.05) is 42.7 Å². The number of nitrogens with one attached hydrogen (secondary N) is 2. The summed E-state index contributed by atoms with van der Waals surface area (Å²) in [5.41, 5.74) is 2.36. The van der Waals surface area contributed by atoms with Crippen LogP contribution in [0.2, 0.25) is 0 Å². The van der Waals surface area contributed by atoms with Crippen LogP contribution >= 0.6 is 0 Å². The van der Waals surface area contributed by atoms with Gasteiger partial charge in [0.15, 0.2) is 0 Å². The molecule has 3 aromatic rings. The number of halogens is 1. The molecule has 1 saturated carbocycles. The summed E-state index contributed by atoms with van der Waals surface area (Å²) in [7, 11) is 0. The van der Waals surface area contributed by atoms with Crippen molar-refractivity contribution in [2.45, 2.75) is 50.7 Å². The SMILES string of the molecule is O=C1CCC(N2Cc3cc(NC(=O)c4cnc5c(c4)c(F)cn5C4CCC4)ccc3C2=O)C(=O)N1. The second-order valence-corrected chi connectivity index (χ2v) is 9.29. The molecule has 1 unspecified atom stereocenters. The van der Waals surface area contributed by atoms with Crippen molar-refractivity contribution in [3.63, 3.8) is 0 Å². The number of carbonyl (C=O) groups is 4. The Bertz CT molecular complexity index is 1430. The zero-order valence-electron chi connectivity index (χ0n) is 18.7. The third-order valence-corrected chi connectivity index (χ3v) is 7.13. The number of anilines is 1. The highest BCUT2D eigenvalue weighted by molar-refractivity contribution is 6.07. The first-order valence-corrected chi connectivity index (χ1v) is 11.6. The van der Waals surface area contributed by atoms with Crippen molar-refractivity contribution < 1.29 is 23.6 Å². The molecule has 6 rings (SSSR count). The van der Waals surface area contributed by atoms with Gasteiger partial charge in [-0.3, -0.25) is 24.5 Å². The average Bonchev–Trinajstić information content (AvgIpc) is 3.29. The van der Waals surface area contributed by atoms with Crippen molar-refractivity contribution in [1.29, 1.82) is 0 Å². The number of rotatable bonds is 4. The van der Waals surface area contributed by atoms with Crippen LogP contribution in [-0.4, -0.2) is 44.1 Å². The van der Waals surface area contributed by atoms with Gasteiger partial charge in [0.2, 0.25) is 11.8 Å². The summed E-state index contributed by atoms with van der Waals surface area (Å²) in [6.07, 6.45) is 6.46. The molecule has 4 amide bonds. The molecule has 2 fully saturated rings. The van der Waals surface area contributed by atoms with Crippen LogP contribution in [0, 0.1) is 5.82 Å². The molecule has 4 heterocycles. The summed E-state index contributed by atoms with van der Waals surface area (Å²) in [5.74, 6) is -1.95. The van der Waals surface area contributed by atoms with Gasteiger partial charge in [0.25, 0.3) is 11.8 Å². The Labute approximate surface area is 199 Å². The molecule has 0 bridgehead atoms. The standard InChI is InChI=1S/C25H22FN5O4/c26-19-12-30(16-2-1-3-16)22-18(19)9-13(10-27-22)23(33)28-15-4-5-17-14(8-15)11-31(25(17)35)20-6-7-21(32)29-24(20)34/h4-5,8-10,12,16,20H,1-3,6-7,11H2,(H,28,33)(H,29,32,34). The molecule has 0 radical (unpaired) electrons. The van der Waals surface area contributed by atoms with Crippen molar-refractivity contribution in [3.05, 3.63) is 59.2 Å². The van der Waals surface area contributed by atoms with Gasteiger partial charge < -0.3 is 14.8 Å². The molecule has 3 aliphatic rings. The van der Waals surface area contributed by atoms with Crippen LogP contribution in [0.15, 0.2) is 36.7 Å². The first-order chi connectivity index (χ1) is 16.9. The highest BCUT2D eigenvalue weighted by Gasteiger charge is 2.39. The molecule has 2 N–H and O–H groups in total. The van der Waals surface area contributed by atoms with E-state index in [4.69, 9.17) is 0 Å². The van der Waals surface area contributed by atoms with Gasteiger partial charge in [-0.1, -0.05) is 0 Å². The summed E-state index contributed by atoms with van der Waals surface area (Å²) in [4.78, 5) is 55.2. The highest BCUT2D eigenvalue weighted by atomic mass is 19.1. The number of imide groups is 1. The van der Waals surface area contributed by atoms with E-state index in [0.29, 0.717) is 27.8 Å². The van der Waals surface area contributed by atoms with Crippen LogP contribution in [0.25, 0.3) is 11.0 Å². The Balaban J connectivity index is 1.20. The molecular formula is C25H22FN5O4. The van der Waals surface area contributed by atoms with Gasteiger partial charge in [-0.05, 0) is 55.5 Å². The maximum Gasteiger partial charge on any atom is 0.257 e. The number of pyridine rings is 1. The van der Waals surface area contributed by atoms with Gasteiger partial charge in [-0.15, -0.1) is 0 Å². The first-order valence-electron chi connectivity index (χ1n) is 11.6. The molecule has 35 heavy (non-hydrogen) atoms. The Kier molecular flexibility index (Phi) is 4.91. The van der Waals surface area contributed by atoms with Crippen LogP contribution in [0.4, 0.5) is 10.1 Å². The van der Waals surface area contributed by atoms with Gasteiger partial charge in [-0.2, -0.15) is 0 Å². The molecule has 1 aromatic carbocycles. The Morgan fingerprint density at radius 2 is 1.97 bits per heavy atom. The minimum absolute atomic E-state index is 0.181. The van der Waals surface area contributed by atoms with Gasteiger partial charge in [-0.25, -0.2) is 9.37 Å². The summed E-state index contributed by atoms with van der Waals surface area (Å²) < 4.78 is 16.4. The van der Waals surface area contributed by atoms with Gasteiger partial charge in [0.05, 0.1) is 10.9 Å². The Morgan fingerprint density at radius 3 is 2.71 bits per heavy atom. The first kappa shape index (κ1) is 21.5. The van der Waals surface area contributed by atoms with E-state index in [2.05, 4.69) is 15.6 Å². The number of benzene rings is 1. The fraction of sp³-hybridized carbons (Fsp3) is 0.320. The van der Waals surface area contributed by atoms with Crippen LogP contribution in [0.5, 0.6) is 0 Å². The summed E-state index contributed by atoms with van der Waals surface area (Å²) in [6, 6.07) is 5.97. The van der Waals surface area contributed by atoms with Crippen molar-refractivity contribution in [2.24, 2.45) is 0 Å². The minimum atomic E-state index is -0.703. The smallest absolute Gasteiger partial charge is 0.257 e. The van der Waals surface area contributed by atoms with Gasteiger partial charge in [0.1, 0.15) is 17.5 Å². The molecule has 1 atom stereocenters. The fourth-order valence-electron chi connectivity index (χ4n) is 5.01. The lowest BCUT2D eigenvalue weighted by molar-refractivity contribution is -0.136. The van der Waals surface area contributed by atoms with Crippen LogP contribution in [0.1, 0.15) is 64.4 Å². The van der Waals surface area contributed by atoms with Crippen molar-refractivity contribution in [3.8, 4) is 0 Å². The zero-order chi connectivity index (χ0) is 24.3. The number of nitrogens with zero attached hydrogens (tertiary/aromatic N) is 3. The largest absolute Gasteiger partial charge is 0.326 e. The quantitative estimate of drug-likeness (QED) is 0.564. The van der Waals surface area contributed by atoms with Crippen molar-refractivity contribution in [1.82, 2.24) is 19.8 Å². The second kappa shape index (κ2) is 8.00. The molecule has 2 aromatic heterocycles. The normalized spacial score (nSPS) is 20.1. The lowest BCUT2D eigenvalue weighted by Gasteiger charge is -2.29. The number of hydrogen-bond acceptors (Lipinski definition) is 5. The van der Waals surface area contributed by atoms with E-state index in [1.165, 1.54) is 23.4 Å². The van der Waals surface area contributed by atoms with E-state index in [1.54, 1.807) is 18.2 Å². The molecule has 2 aliphatic heterocycles. The van der Waals surface area contributed by atoms with E-state index in [9.17, 15) is 23.6 Å². The second-order valence-electron chi connectivity index (χ2n) is 9.29. The molecule has 10 heteroatoms. The maximum atomic E-state index is 14.5. The summed E-state index contributed by atoms with van der Waals surface area (Å²) in [5, 5.41) is 5.37. The summed E-state index contributed by atoms with van der Waals surface area (Å²) >= 11 is 0. The third kappa shape index (κ3) is 3.56. The lowest BCUT2D eigenvalue weighted by Crippen LogP contribution is -2.52. The van der Waals surface area contributed by atoms with Crippen LogP contribution in [0.3, 0.4) is 0 Å². The summed E-state index contributed by atoms with van der Waals surface area (Å²) in [6.45, 7) is 0.206. The predicted octanol–water partition coefficient (Wildman–Crippen LogP) is 2.91. The average molecular weight is 475 g/mol. The van der Waals surface area contributed by atoms with Crippen molar-refractivity contribution in [2.75, 3.05) is 5.32 Å². The topological polar surface area (TPSA) is 113 Å². The third-order valence-electron chi connectivity index (χ3n) is 7.13. The molecular weight excluding hydrogens is 453 g/mol. The fourth-order valence-corrected chi connectivity index (χ4v) is 5.01. The van der Waals surface area contributed by atoms with E-state index in [0.717, 1.165) is 19.3 Å². The molecule has 0 spiro atoms. The molecule has 1 aliphatic carbocycles. The van der Waals surface area contributed by atoms with E-state index < -0.39 is 23.7 Å². The number of carbonyl (C=O) groups excluding carboxylic acids is 4. The number of amides is 4. The number of aromatic nitrogens is 2. The molecule has 1 saturated heterocycles. The Hall–Kier alpha value is -4.08.